The summed E-state index contributed by atoms with van der Waals surface area (Å²) in [5.41, 5.74) is 0.924. The summed E-state index contributed by atoms with van der Waals surface area (Å²) in [6.07, 6.45) is 1.47. The van der Waals surface area contributed by atoms with Gasteiger partial charge in [-0.15, -0.1) is 0 Å². The number of nitriles is 1. The summed E-state index contributed by atoms with van der Waals surface area (Å²) in [6.45, 7) is 5.30. The predicted molar refractivity (Wildman–Crippen MR) is 42.6 cm³/mol. The van der Waals surface area contributed by atoms with Gasteiger partial charge in [0.15, 0.2) is 0 Å². The van der Waals surface area contributed by atoms with Gasteiger partial charge in [0, 0.05) is 6.08 Å². The van der Waals surface area contributed by atoms with Crippen molar-refractivity contribution in [2.75, 3.05) is 0 Å². The molecule has 1 N–H and O–H groups in total. The molecule has 0 aliphatic heterocycles. The standard InChI is InChI=1S/C8H12N2O/c1-6(2)4-8(11)10-7(3)5-9/h4,7H,1-3H3,(H,10,11). The Kier molecular flexibility index (Phi) is 3.97. The second-order valence-corrected chi connectivity index (χ2v) is 2.58. The number of hydrogen-bond donors (Lipinski definition) is 1. The Morgan fingerprint density at radius 1 is 1.64 bits per heavy atom. The van der Waals surface area contributed by atoms with Crippen molar-refractivity contribution in [3.63, 3.8) is 0 Å². The molecule has 0 aliphatic rings. The molecule has 0 saturated carbocycles. The van der Waals surface area contributed by atoms with E-state index in [4.69, 9.17) is 5.26 Å². The molecule has 3 heteroatoms. The van der Waals surface area contributed by atoms with E-state index in [1.165, 1.54) is 6.08 Å². The molecule has 0 radical (unpaired) electrons. The minimum atomic E-state index is -0.418. The van der Waals surface area contributed by atoms with Crippen LogP contribution in [0, 0.1) is 11.3 Å². The number of nitrogens with one attached hydrogen (secondary N) is 1. The van der Waals surface area contributed by atoms with Crippen molar-refractivity contribution in [2.45, 2.75) is 26.8 Å². The summed E-state index contributed by atoms with van der Waals surface area (Å²) in [5, 5.41) is 10.8. The maximum Gasteiger partial charge on any atom is 0.244 e. The molecule has 0 bridgehead atoms. The molecule has 0 spiro atoms. The van der Waals surface area contributed by atoms with Gasteiger partial charge >= 0.3 is 0 Å². The molecule has 11 heavy (non-hydrogen) atoms. The van der Waals surface area contributed by atoms with Gasteiger partial charge in [-0.3, -0.25) is 4.79 Å². The highest BCUT2D eigenvalue weighted by Gasteiger charge is 2.01. The van der Waals surface area contributed by atoms with E-state index in [0.29, 0.717) is 0 Å². The van der Waals surface area contributed by atoms with Crippen LogP contribution in [0.3, 0.4) is 0 Å². The zero-order valence-electron chi connectivity index (χ0n) is 7.01. The molecule has 1 atom stereocenters. The van der Waals surface area contributed by atoms with Gasteiger partial charge in [-0.2, -0.15) is 5.26 Å². The van der Waals surface area contributed by atoms with E-state index in [-0.39, 0.29) is 5.91 Å². The van der Waals surface area contributed by atoms with Crippen molar-refractivity contribution >= 4 is 5.91 Å². The quantitative estimate of drug-likeness (QED) is 0.600. The normalized spacial score (nSPS) is 11.1. The van der Waals surface area contributed by atoms with Gasteiger partial charge in [0.25, 0.3) is 0 Å². The average molecular weight is 152 g/mol. The Bertz CT molecular complexity index is 209. The van der Waals surface area contributed by atoms with E-state index in [1.807, 2.05) is 19.9 Å². The van der Waals surface area contributed by atoms with E-state index in [0.717, 1.165) is 5.57 Å². The first-order valence-corrected chi connectivity index (χ1v) is 3.41. The summed E-state index contributed by atoms with van der Waals surface area (Å²) in [6, 6.07) is 1.49. The number of allylic oxidation sites excluding steroid dienone is 1. The van der Waals surface area contributed by atoms with Gasteiger partial charge in [0.2, 0.25) is 5.91 Å². The van der Waals surface area contributed by atoms with Gasteiger partial charge in [-0.1, -0.05) is 5.57 Å². The molecular weight excluding hydrogens is 140 g/mol. The van der Waals surface area contributed by atoms with E-state index in [9.17, 15) is 4.79 Å². The molecule has 0 aliphatic carbocycles. The van der Waals surface area contributed by atoms with Crippen LogP contribution in [-0.2, 0) is 4.79 Å². The summed E-state index contributed by atoms with van der Waals surface area (Å²) in [4.78, 5) is 10.9. The molecule has 0 aromatic heterocycles. The maximum absolute atomic E-state index is 10.9. The van der Waals surface area contributed by atoms with Crippen molar-refractivity contribution < 1.29 is 4.79 Å². The van der Waals surface area contributed by atoms with Crippen LogP contribution in [0.25, 0.3) is 0 Å². The minimum absolute atomic E-state index is 0.209. The summed E-state index contributed by atoms with van der Waals surface area (Å²) in [5.74, 6) is -0.209. The lowest BCUT2D eigenvalue weighted by Crippen LogP contribution is -2.29. The smallest absolute Gasteiger partial charge is 0.244 e. The SMILES string of the molecule is CC(C)=CC(=O)NC(C)C#N. The van der Waals surface area contributed by atoms with Crippen molar-refractivity contribution in [1.29, 1.82) is 5.26 Å². The van der Waals surface area contributed by atoms with Crippen molar-refractivity contribution in [1.82, 2.24) is 5.32 Å². The fourth-order valence-corrected chi connectivity index (χ4v) is 0.550. The number of hydrogen-bond acceptors (Lipinski definition) is 2. The second-order valence-electron chi connectivity index (χ2n) is 2.58. The van der Waals surface area contributed by atoms with Crippen LogP contribution in [0.2, 0.25) is 0 Å². The fraction of sp³-hybridized carbons (Fsp3) is 0.500. The molecule has 1 unspecified atom stereocenters. The van der Waals surface area contributed by atoms with Gasteiger partial charge in [-0.05, 0) is 20.8 Å². The third-order valence-corrected chi connectivity index (χ3v) is 0.972. The highest BCUT2D eigenvalue weighted by atomic mass is 16.1. The van der Waals surface area contributed by atoms with Crippen LogP contribution in [0.5, 0.6) is 0 Å². The predicted octanol–water partition coefficient (Wildman–Crippen LogP) is 0.981. The molecular formula is C8H12N2O. The second kappa shape index (κ2) is 4.51. The van der Waals surface area contributed by atoms with Crippen LogP contribution in [0.15, 0.2) is 11.6 Å². The summed E-state index contributed by atoms with van der Waals surface area (Å²) >= 11 is 0. The lowest BCUT2D eigenvalue weighted by molar-refractivity contribution is -0.116. The molecule has 1 amide bonds. The number of rotatable bonds is 2. The topological polar surface area (TPSA) is 52.9 Å². The molecule has 3 nitrogen and oxygen atoms in total. The lowest BCUT2D eigenvalue weighted by atomic mass is 10.3. The van der Waals surface area contributed by atoms with Crippen LogP contribution in [0.4, 0.5) is 0 Å². The van der Waals surface area contributed by atoms with E-state index < -0.39 is 6.04 Å². The Morgan fingerprint density at radius 3 is 2.55 bits per heavy atom. The lowest BCUT2D eigenvalue weighted by Gasteiger charge is -2.01. The third-order valence-electron chi connectivity index (χ3n) is 0.972. The summed E-state index contributed by atoms with van der Waals surface area (Å²) < 4.78 is 0. The van der Waals surface area contributed by atoms with Crippen molar-refractivity contribution in [3.05, 3.63) is 11.6 Å². The molecule has 0 fully saturated rings. The number of carbonyl (C=O) groups is 1. The van der Waals surface area contributed by atoms with E-state index in [1.54, 1.807) is 6.92 Å². The average Bonchev–Trinajstić information content (AvgIpc) is 1.85. The third kappa shape index (κ3) is 5.16. The van der Waals surface area contributed by atoms with Crippen LogP contribution >= 0.6 is 0 Å². The Morgan fingerprint density at radius 2 is 2.18 bits per heavy atom. The largest absolute Gasteiger partial charge is 0.337 e. The first-order valence-electron chi connectivity index (χ1n) is 3.41. The van der Waals surface area contributed by atoms with Crippen LogP contribution < -0.4 is 5.32 Å². The number of nitrogens with zero attached hydrogens (tertiary/aromatic N) is 1. The number of amides is 1. The maximum atomic E-state index is 10.9. The van der Waals surface area contributed by atoms with Crippen LogP contribution in [-0.4, -0.2) is 11.9 Å². The first-order chi connectivity index (χ1) is 5.06. The Balaban J connectivity index is 3.92. The molecule has 0 saturated heterocycles. The molecule has 0 aromatic carbocycles. The highest BCUT2D eigenvalue weighted by Crippen LogP contribution is 1.88. The van der Waals surface area contributed by atoms with Gasteiger partial charge < -0.3 is 5.32 Å². The van der Waals surface area contributed by atoms with Crippen molar-refractivity contribution in [3.8, 4) is 6.07 Å². The zero-order chi connectivity index (χ0) is 8.85. The zero-order valence-corrected chi connectivity index (χ0v) is 7.01. The Hall–Kier alpha value is -1.30. The van der Waals surface area contributed by atoms with Crippen molar-refractivity contribution in [2.24, 2.45) is 0 Å². The molecule has 0 rings (SSSR count). The fourth-order valence-electron chi connectivity index (χ4n) is 0.550. The molecule has 0 heterocycles. The number of carbonyl (C=O) groups excluding carboxylic acids is 1. The minimum Gasteiger partial charge on any atom is -0.337 e. The first kappa shape index (κ1) is 9.70. The summed E-state index contributed by atoms with van der Waals surface area (Å²) in [7, 11) is 0. The van der Waals surface area contributed by atoms with Gasteiger partial charge in [-0.25, -0.2) is 0 Å². The van der Waals surface area contributed by atoms with Crippen LogP contribution in [0.1, 0.15) is 20.8 Å². The molecule has 60 valence electrons. The highest BCUT2D eigenvalue weighted by molar-refractivity contribution is 5.88. The van der Waals surface area contributed by atoms with E-state index in [2.05, 4.69) is 5.32 Å². The van der Waals surface area contributed by atoms with E-state index >= 15 is 0 Å². The van der Waals surface area contributed by atoms with Gasteiger partial charge in [0.05, 0.1) is 6.07 Å². The van der Waals surface area contributed by atoms with Gasteiger partial charge in [0.1, 0.15) is 6.04 Å². The Labute approximate surface area is 66.7 Å². The monoisotopic (exact) mass is 152 g/mol. The molecule has 0 aromatic rings.